The van der Waals surface area contributed by atoms with E-state index in [1.807, 2.05) is 30.3 Å². The van der Waals surface area contributed by atoms with E-state index in [0.717, 1.165) is 11.3 Å². The van der Waals surface area contributed by atoms with Crippen molar-refractivity contribution in [1.29, 1.82) is 0 Å². The Bertz CT molecular complexity index is 1890. The number of phenolic OH excluding ortho intramolecular Hbond substituents is 1. The van der Waals surface area contributed by atoms with E-state index in [2.05, 4.69) is 15.2 Å². The molecule has 2 heterocycles. The largest absolute Gasteiger partial charge is 0.507 e. The van der Waals surface area contributed by atoms with Crippen molar-refractivity contribution in [3.63, 3.8) is 0 Å². The van der Waals surface area contributed by atoms with Crippen molar-refractivity contribution in [3.8, 4) is 17.2 Å². The lowest BCUT2D eigenvalue weighted by Crippen LogP contribution is -2.39. The monoisotopic (exact) mass is 584 g/mol. The van der Waals surface area contributed by atoms with Gasteiger partial charge in [0.05, 0.1) is 54.0 Å². The van der Waals surface area contributed by atoms with Crippen LogP contribution in [0.2, 0.25) is 0 Å². The maximum Gasteiger partial charge on any atom is 0.338 e. The lowest BCUT2D eigenvalue weighted by molar-refractivity contribution is -0.139. The maximum absolute atomic E-state index is 13.9. The first kappa shape index (κ1) is 28.5. The Morgan fingerprint density at radius 2 is 1.76 bits per heavy atom. The molecule has 1 aromatic heterocycles. The van der Waals surface area contributed by atoms with Crippen molar-refractivity contribution in [1.82, 2.24) is 4.57 Å². The first-order chi connectivity index (χ1) is 20.3. The highest BCUT2D eigenvalue weighted by atomic mass is 32.1. The zero-order valence-corrected chi connectivity index (χ0v) is 24.2. The van der Waals surface area contributed by atoms with Crippen LogP contribution in [-0.4, -0.2) is 36.5 Å². The van der Waals surface area contributed by atoms with Gasteiger partial charge in [-0.3, -0.25) is 9.36 Å². The van der Waals surface area contributed by atoms with Crippen molar-refractivity contribution in [3.05, 3.63) is 109 Å². The maximum atomic E-state index is 13.9. The summed E-state index contributed by atoms with van der Waals surface area (Å²) in [6.45, 7) is 3.60. The van der Waals surface area contributed by atoms with E-state index in [9.17, 15) is 14.7 Å². The summed E-state index contributed by atoms with van der Waals surface area (Å²) < 4.78 is 18.0. The fourth-order valence-electron chi connectivity index (χ4n) is 4.60. The highest BCUT2D eigenvalue weighted by molar-refractivity contribution is 7.07. The summed E-state index contributed by atoms with van der Waals surface area (Å²) in [5, 5.41) is 19.1. The van der Waals surface area contributed by atoms with Gasteiger partial charge in [0, 0.05) is 11.6 Å². The third-order valence-corrected chi connectivity index (χ3v) is 7.56. The number of methoxy groups -OCH3 is 2. The van der Waals surface area contributed by atoms with Crippen LogP contribution in [0.25, 0.3) is 6.08 Å². The zero-order valence-electron chi connectivity index (χ0n) is 23.4. The number of esters is 1. The van der Waals surface area contributed by atoms with E-state index in [0.29, 0.717) is 49.0 Å². The Morgan fingerprint density at radius 3 is 2.45 bits per heavy atom. The summed E-state index contributed by atoms with van der Waals surface area (Å²) >= 11 is 1.16. The summed E-state index contributed by atoms with van der Waals surface area (Å²) in [6.07, 6.45) is 1.59. The van der Waals surface area contributed by atoms with E-state index in [1.54, 1.807) is 50.3 Å². The zero-order chi connectivity index (χ0) is 29.8. The van der Waals surface area contributed by atoms with Crippen LogP contribution in [-0.2, 0) is 9.53 Å². The van der Waals surface area contributed by atoms with Crippen molar-refractivity contribution in [2.45, 2.75) is 19.9 Å². The van der Waals surface area contributed by atoms with Gasteiger partial charge in [-0.1, -0.05) is 35.6 Å². The molecule has 3 aromatic carbocycles. The summed E-state index contributed by atoms with van der Waals surface area (Å²) in [4.78, 5) is 32.0. The lowest BCUT2D eigenvalue weighted by Gasteiger charge is -2.25. The van der Waals surface area contributed by atoms with Crippen molar-refractivity contribution in [2.75, 3.05) is 20.8 Å². The van der Waals surface area contributed by atoms with Crippen LogP contribution in [0.3, 0.4) is 0 Å². The fraction of sp³-hybridized carbons (Fsp3) is 0.194. The molecule has 0 amide bonds. The minimum atomic E-state index is -0.823. The Hall–Kier alpha value is -5.03. The molecule has 0 unspecified atom stereocenters. The number of benzene rings is 3. The van der Waals surface area contributed by atoms with Gasteiger partial charge in [-0.2, -0.15) is 10.2 Å². The number of rotatable bonds is 8. The molecule has 0 saturated carbocycles. The number of ether oxygens (including phenoxy) is 3. The summed E-state index contributed by atoms with van der Waals surface area (Å²) in [5.74, 6) is 0.328. The number of aromatic nitrogens is 1. The molecule has 0 saturated heterocycles. The van der Waals surface area contributed by atoms with Crippen molar-refractivity contribution >= 4 is 34.8 Å². The Morgan fingerprint density at radius 1 is 1.02 bits per heavy atom. The first-order valence-electron chi connectivity index (χ1n) is 13.1. The van der Waals surface area contributed by atoms with Crippen LogP contribution in [0, 0.1) is 0 Å². The van der Waals surface area contributed by atoms with Gasteiger partial charge in [-0.25, -0.2) is 9.79 Å². The van der Waals surface area contributed by atoms with Gasteiger partial charge in [0.15, 0.2) is 16.3 Å². The quantitative estimate of drug-likeness (QED) is 0.231. The van der Waals surface area contributed by atoms with Gasteiger partial charge in [0.2, 0.25) is 0 Å². The SMILES string of the molecule is CCOC(=O)C1=C(C)N=c2s/c(=C\c3ccc(N=Nc4ccccc4)cc3O)c(=O)n2[C@@H]1c1ccc(OC)c(OC)c1. The van der Waals surface area contributed by atoms with Crippen LogP contribution < -0.4 is 24.4 Å². The van der Waals surface area contributed by atoms with Gasteiger partial charge in [-0.15, -0.1) is 0 Å². The van der Waals surface area contributed by atoms with Crippen LogP contribution in [0.15, 0.2) is 98.0 Å². The summed E-state index contributed by atoms with van der Waals surface area (Å²) in [7, 11) is 3.05. The van der Waals surface area contributed by atoms with Gasteiger partial charge in [0.25, 0.3) is 5.56 Å². The lowest BCUT2D eigenvalue weighted by atomic mass is 9.95. The standard InChI is InChI=1S/C31H28N4O6S/c1-5-41-30(38)27-18(2)32-31-35(28(27)20-12-14-24(39-3)25(15-20)40-4)29(37)26(42-31)16-19-11-13-22(17-23(19)36)34-33-21-9-7-6-8-10-21/h6-17,28,36H,5H2,1-4H3/b26-16-,34-33?/t28-/m1/s1. The number of aromatic hydroxyl groups is 1. The molecule has 10 nitrogen and oxygen atoms in total. The van der Waals surface area contributed by atoms with Crippen molar-refractivity contribution in [2.24, 2.45) is 15.2 Å². The minimum absolute atomic E-state index is 0.0646. The molecule has 0 aliphatic carbocycles. The second kappa shape index (κ2) is 12.2. The molecule has 214 valence electrons. The Labute approximate surface area is 245 Å². The van der Waals surface area contributed by atoms with Crippen molar-refractivity contribution < 1.29 is 24.1 Å². The number of nitrogens with zero attached hydrogens (tertiary/aromatic N) is 4. The number of fused-ring (bicyclic) bond motifs is 1. The minimum Gasteiger partial charge on any atom is -0.507 e. The normalized spacial score (nSPS) is 15.0. The molecule has 0 spiro atoms. The number of thiazole rings is 1. The topological polar surface area (TPSA) is 124 Å². The predicted octanol–water partition coefficient (Wildman–Crippen LogP) is 4.94. The number of hydrogen-bond acceptors (Lipinski definition) is 10. The first-order valence-corrected chi connectivity index (χ1v) is 13.9. The van der Waals surface area contributed by atoms with Gasteiger partial charge < -0.3 is 19.3 Å². The van der Waals surface area contributed by atoms with Crippen LogP contribution in [0.4, 0.5) is 11.4 Å². The highest BCUT2D eigenvalue weighted by Gasteiger charge is 2.34. The number of hydrogen-bond donors (Lipinski definition) is 1. The smallest absolute Gasteiger partial charge is 0.338 e. The predicted molar refractivity (Wildman–Crippen MR) is 159 cm³/mol. The number of phenols is 1. The number of allylic oxidation sites excluding steroid dienone is 1. The molecular formula is C31H28N4O6S. The van der Waals surface area contributed by atoms with Gasteiger partial charge >= 0.3 is 5.97 Å². The molecule has 5 rings (SSSR count). The summed E-state index contributed by atoms with van der Waals surface area (Å²) in [5.41, 5.74) is 2.49. The molecule has 0 fully saturated rings. The molecular weight excluding hydrogens is 556 g/mol. The number of carbonyl (C=O) groups is 1. The van der Waals surface area contributed by atoms with E-state index >= 15 is 0 Å². The van der Waals surface area contributed by atoms with Crippen LogP contribution >= 0.6 is 11.3 Å². The number of azo groups is 1. The molecule has 1 aliphatic rings. The molecule has 0 bridgehead atoms. The third-order valence-electron chi connectivity index (χ3n) is 6.58. The summed E-state index contributed by atoms with van der Waals surface area (Å²) in [6, 6.07) is 18.5. The molecule has 1 N–H and O–H groups in total. The average molecular weight is 585 g/mol. The fourth-order valence-corrected chi connectivity index (χ4v) is 5.63. The second-order valence-corrected chi connectivity index (χ2v) is 10.2. The second-order valence-electron chi connectivity index (χ2n) is 9.20. The van der Waals surface area contributed by atoms with E-state index in [1.165, 1.54) is 24.9 Å². The molecule has 11 heteroatoms. The molecule has 4 aromatic rings. The number of carbonyl (C=O) groups excluding carboxylic acids is 1. The Kier molecular flexibility index (Phi) is 8.30. The van der Waals surface area contributed by atoms with Crippen LogP contribution in [0.1, 0.15) is 31.0 Å². The molecule has 1 atom stereocenters. The molecule has 1 aliphatic heterocycles. The van der Waals surface area contributed by atoms with E-state index in [4.69, 9.17) is 14.2 Å². The van der Waals surface area contributed by atoms with Gasteiger partial charge in [-0.05, 0) is 61.9 Å². The van der Waals surface area contributed by atoms with E-state index < -0.39 is 12.0 Å². The highest BCUT2D eigenvalue weighted by Crippen LogP contribution is 2.36. The van der Waals surface area contributed by atoms with Gasteiger partial charge in [0.1, 0.15) is 5.75 Å². The van der Waals surface area contributed by atoms with Crippen LogP contribution in [0.5, 0.6) is 17.2 Å². The third kappa shape index (κ3) is 5.59. The Balaban J connectivity index is 1.60. The van der Waals surface area contributed by atoms with E-state index in [-0.39, 0.29) is 23.5 Å². The molecule has 0 radical (unpaired) electrons. The average Bonchev–Trinajstić information content (AvgIpc) is 3.30. The molecule has 42 heavy (non-hydrogen) atoms.